The zero-order chi connectivity index (χ0) is 16.0. The molecule has 0 spiro atoms. The number of carbonyl (C=O) groups is 1. The van der Waals surface area contributed by atoms with Gasteiger partial charge in [0.1, 0.15) is 11.5 Å². The van der Waals surface area contributed by atoms with Gasteiger partial charge in [-0.05, 0) is 50.8 Å². The third-order valence-corrected chi connectivity index (χ3v) is 6.01. The topological polar surface area (TPSA) is 48.7 Å². The fraction of sp³-hybridized carbons (Fsp3) is 0.722. The van der Waals surface area contributed by atoms with Crippen molar-refractivity contribution in [3.63, 3.8) is 0 Å². The average molecular weight is 317 g/mol. The number of likely N-dealkylation sites (N-methyl/N-ethyl adjacent to an activating group) is 1. The lowest BCUT2D eigenvalue weighted by Crippen LogP contribution is -2.44. The van der Waals surface area contributed by atoms with E-state index in [-0.39, 0.29) is 6.03 Å². The Balaban J connectivity index is 1.30. The Bertz CT molecular complexity index is 585. The van der Waals surface area contributed by atoms with Crippen LogP contribution < -0.4 is 5.32 Å². The van der Waals surface area contributed by atoms with Gasteiger partial charge in [-0.25, -0.2) is 4.79 Å². The zero-order valence-electron chi connectivity index (χ0n) is 14.1. The van der Waals surface area contributed by atoms with Crippen LogP contribution >= 0.6 is 0 Å². The summed E-state index contributed by atoms with van der Waals surface area (Å²) in [6, 6.07) is 5.29. The zero-order valence-corrected chi connectivity index (χ0v) is 14.1. The van der Waals surface area contributed by atoms with E-state index in [2.05, 4.69) is 30.3 Å². The first kappa shape index (κ1) is 15.1. The fourth-order valence-electron chi connectivity index (χ4n) is 4.18. The van der Waals surface area contributed by atoms with Crippen molar-refractivity contribution in [1.82, 2.24) is 15.1 Å². The first-order valence-corrected chi connectivity index (χ1v) is 8.95. The molecule has 2 amide bonds. The summed E-state index contributed by atoms with van der Waals surface area (Å²) < 4.78 is 5.87. The van der Waals surface area contributed by atoms with E-state index in [0.29, 0.717) is 24.5 Å². The maximum absolute atomic E-state index is 12.5. The van der Waals surface area contributed by atoms with Crippen molar-refractivity contribution in [2.24, 2.45) is 5.92 Å². The van der Waals surface area contributed by atoms with Crippen LogP contribution in [0.15, 0.2) is 16.5 Å². The van der Waals surface area contributed by atoms with Crippen molar-refractivity contribution >= 4 is 6.03 Å². The van der Waals surface area contributed by atoms with Crippen LogP contribution in [-0.4, -0.2) is 48.1 Å². The lowest BCUT2D eigenvalue weighted by Gasteiger charge is -2.25. The predicted octanol–water partition coefficient (Wildman–Crippen LogP) is 2.78. The third-order valence-electron chi connectivity index (χ3n) is 6.01. The lowest BCUT2D eigenvalue weighted by molar-refractivity contribution is 0.187. The van der Waals surface area contributed by atoms with Gasteiger partial charge in [0, 0.05) is 31.1 Å². The van der Waals surface area contributed by atoms with Crippen molar-refractivity contribution in [3.05, 3.63) is 23.7 Å². The predicted molar refractivity (Wildman–Crippen MR) is 88.2 cm³/mol. The maximum Gasteiger partial charge on any atom is 0.317 e. The molecule has 1 aromatic rings. The molecule has 1 saturated carbocycles. The second-order valence-electron chi connectivity index (χ2n) is 7.57. The van der Waals surface area contributed by atoms with Crippen molar-refractivity contribution in [1.29, 1.82) is 0 Å². The summed E-state index contributed by atoms with van der Waals surface area (Å²) in [5.41, 5.74) is 0. The number of hydrogen-bond acceptors (Lipinski definition) is 3. The molecule has 3 fully saturated rings. The van der Waals surface area contributed by atoms with Crippen LogP contribution in [0.4, 0.5) is 4.79 Å². The van der Waals surface area contributed by atoms with E-state index in [1.165, 1.54) is 19.3 Å². The maximum atomic E-state index is 12.5. The van der Waals surface area contributed by atoms with Gasteiger partial charge in [0.25, 0.3) is 0 Å². The summed E-state index contributed by atoms with van der Waals surface area (Å²) in [5.74, 6) is 3.28. The van der Waals surface area contributed by atoms with Crippen molar-refractivity contribution < 1.29 is 9.21 Å². The third kappa shape index (κ3) is 2.99. The SMILES string of the molecule is C[C@H]1C[C@@H]1c1ccc(CNC(=O)N2CC[C@H]3CC[C@@H](C2)N3C)o1. The van der Waals surface area contributed by atoms with E-state index >= 15 is 0 Å². The van der Waals surface area contributed by atoms with Gasteiger partial charge in [0.05, 0.1) is 6.54 Å². The standard InChI is InChI=1S/C18H27N3O2/c1-12-9-16(12)17-6-5-15(23-17)10-19-18(22)21-8-7-13-3-4-14(11-21)20(13)2/h5-6,12-14,16H,3-4,7-11H2,1-2H3,(H,19,22)/t12-,13+,14-,16-/m0/s1. The molecule has 1 aromatic heterocycles. The number of urea groups is 1. The van der Waals surface area contributed by atoms with Crippen LogP contribution in [0.3, 0.4) is 0 Å². The fourth-order valence-corrected chi connectivity index (χ4v) is 4.18. The Hall–Kier alpha value is -1.49. The first-order chi connectivity index (χ1) is 11.1. The summed E-state index contributed by atoms with van der Waals surface area (Å²) in [4.78, 5) is 16.9. The van der Waals surface area contributed by atoms with E-state index in [1.54, 1.807) is 0 Å². The summed E-state index contributed by atoms with van der Waals surface area (Å²) in [6.45, 7) is 4.45. The summed E-state index contributed by atoms with van der Waals surface area (Å²) >= 11 is 0. The summed E-state index contributed by atoms with van der Waals surface area (Å²) in [7, 11) is 2.20. The smallest absolute Gasteiger partial charge is 0.317 e. The van der Waals surface area contributed by atoms with E-state index in [9.17, 15) is 4.79 Å². The molecular weight excluding hydrogens is 290 g/mol. The van der Waals surface area contributed by atoms with Gasteiger partial charge in [-0.2, -0.15) is 0 Å². The quantitative estimate of drug-likeness (QED) is 0.932. The Morgan fingerprint density at radius 1 is 1.30 bits per heavy atom. The molecule has 5 heteroatoms. The van der Waals surface area contributed by atoms with Crippen LogP contribution in [0.1, 0.15) is 50.0 Å². The van der Waals surface area contributed by atoms with Gasteiger partial charge in [-0.1, -0.05) is 6.92 Å². The number of nitrogens with one attached hydrogen (secondary N) is 1. The highest BCUT2D eigenvalue weighted by Gasteiger charge is 2.37. The van der Waals surface area contributed by atoms with Crippen molar-refractivity contribution in [2.75, 3.05) is 20.1 Å². The molecular formula is C18H27N3O2. The van der Waals surface area contributed by atoms with Crippen LogP contribution in [0.5, 0.6) is 0 Å². The minimum atomic E-state index is 0.0451. The second kappa shape index (κ2) is 5.86. The minimum Gasteiger partial charge on any atom is -0.464 e. The van der Waals surface area contributed by atoms with E-state index in [0.717, 1.165) is 36.9 Å². The van der Waals surface area contributed by atoms with E-state index in [1.807, 2.05) is 11.0 Å². The summed E-state index contributed by atoms with van der Waals surface area (Å²) in [6.07, 6.45) is 4.81. The molecule has 3 aliphatic rings. The van der Waals surface area contributed by atoms with Crippen molar-refractivity contribution in [2.45, 2.75) is 57.2 Å². The molecule has 2 aliphatic heterocycles. The molecule has 4 atom stereocenters. The molecule has 2 saturated heterocycles. The molecule has 126 valence electrons. The molecule has 1 N–H and O–H groups in total. The largest absolute Gasteiger partial charge is 0.464 e. The van der Waals surface area contributed by atoms with Crippen LogP contribution in [-0.2, 0) is 6.54 Å². The Kier molecular flexibility index (Phi) is 3.84. The number of hydrogen-bond donors (Lipinski definition) is 1. The van der Waals surface area contributed by atoms with Crippen LogP contribution in [0, 0.1) is 5.92 Å². The van der Waals surface area contributed by atoms with Crippen LogP contribution in [0.25, 0.3) is 0 Å². The van der Waals surface area contributed by atoms with Crippen molar-refractivity contribution in [3.8, 4) is 0 Å². The Morgan fingerprint density at radius 3 is 2.87 bits per heavy atom. The Labute approximate surface area is 138 Å². The van der Waals surface area contributed by atoms with E-state index < -0.39 is 0 Å². The minimum absolute atomic E-state index is 0.0451. The number of amides is 2. The number of furan rings is 1. The molecule has 2 bridgehead atoms. The Morgan fingerprint density at radius 2 is 2.09 bits per heavy atom. The monoisotopic (exact) mass is 317 g/mol. The molecule has 5 nitrogen and oxygen atoms in total. The highest BCUT2D eigenvalue weighted by atomic mass is 16.3. The lowest BCUT2D eigenvalue weighted by atomic mass is 10.1. The van der Waals surface area contributed by atoms with Gasteiger partial charge in [-0.15, -0.1) is 0 Å². The number of rotatable bonds is 3. The van der Waals surface area contributed by atoms with Gasteiger partial charge >= 0.3 is 6.03 Å². The van der Waals surface area contributed by atoms with Gasteiger partial charge < -0.3 is 14.6 Å². The second-order valence-corrected chi connectivity index (χ2v) is 7.57. The van der Waals surface area contributed by atoms with Gasteiger partial charge in [0.2, 0.25) is 0 Å². The molecule has 1 aliphatic carbocycles. The number of fused-ring (bicyclic) bond motifs is 2. The molecule has 0 radical (unpaired) electrons. The molecule has 0 unspecified atom stereocenters. The summed E-state index contributed by atoms with van der Waals surface area (Å²) in [5, 5.41) is 3.03. The average Bonchev–Trinajstić information content (AvgIpc) is 2.95. The molecule has 23 heavy (non-hydrogen) atoms. The molecule has 3 heterocycles. The van der Waals surface area contributed by atoms with Gasteiger partial charge in [-0.3, -0.25) is 4.90 Å². The molecule has 4 rings (SSSR count). The molecule has 0 aromatic carbocycles. The highest BCUT2D eigenvalue weighted by molar-refractivity contribution is 5.74. The van der Waals surface area contributed by atoms with Crippen LogP contribution in [0.2, 0.25) is 0 Å². The number of nitrogens with zero attached hydrogens (tertiary/aromatic N) is 2. The normalized spacial score (nSPS) is 33.6. The number of likely N-dealkylation sites (tertiary alicyclic amines) is 1. The van der Waals surface area contributed by atoms with Gasteiger partial charge in [0.15, 0.2) is 0 Å². The number of carbonyl (C=O) groups excluding carboxylic acids is 1. The highest BCUT2D eigenvalue weighted by Crippen LogP contribution is 2.47. The first-order valence-electron chi connectivity index (χ1n) is 8.95. The van der Waals surface area contributed by atoms with E-state index in [4.69, 9.17) is 4.42 Å².